The highest BCUT2D eigenvalue weighted by molar-refractivity contribution is 7.99. The minimum atomic E-state index is -3.38. The molecule has 0 bridgehead atoms. The summed E-state index contributed by atoms with van der Waals surface area (Å²) in [7, 11) is -3.38. The van der Waals surface area contributed by atoms with Crippen molar-refractivity contribution in [2.24, 2.45) is 0 Å². The first kappa shape index (κ1) is 20.7. The molecule has 160 valence electrons. The molecule has 0 aliphatic carbocycles. The minimum absolute atomic E-state index is 0.198. The van der Waals surface area contributed by atoms with Gasteiger partial charge in [-0.2, -0.15) is 0 Å². The Morgan fingerprint density at radius 2 is 2.00 bits per heavy atom. The van der Waals surface area contributed by atoms with Crippen LogP contribution in [0, 0.1) is 6.92 Å². The van der Waals surface area contributed by atoms with Gasteiger partial charge in [0, 0.05) is 18.0 Å². The fourth-order valence-electron chi connectivity index (χ4n) is 2.91. The Labute approximate surface area is 178 Å². The van der Waals surface area contributed by atoms with E-state index in [4.69, 9.17) is 15.2 Å². The number of hydrogen-bond acceptors (Lipinski definition) is 9. The second kappa shape index (κ2) is 7.93. The van der Waals surface area contributed by atoms with E-state index in [2.05, 4.69) is 19.7 Å². The van der Waals surface area contributed by atoms with Crippen molar-refractivity contribution in [3.05, 3.63) is 24.0 Å². The van der Waals surface area contributed by atoms with Crippen LogP contribution in [-0.4, -0.2) is 46.5 Å². The first-order chi connectivity index (χ1) is 14.3. The van der Waals surface area contributed by atoms with E-state index in [1.807, 2.05) is 23.6 Å². The summed E-state index contributed by atoms with van der Waals surface area (Å²) in [5.41, 5.74) is 8.02. The van der Waals surface area contributed by atoms with E-state index in [0.717, 1.165) is 10.5 Å². The predicted molar refractivity (Wildman–Crippen MR) is 113 cm³/mol. The molecule has 0 radical (unpaired) electrons. The number of ether oxygens (including phenoxy) is 2. The van der Waals surface area contributed by atoms with Gasteiger partial charge in [0.05, 0.1) is 5.25 Å². The van der Waals surface area contributed by atoms with Gasteiger partial charge in [-0.05, 0) is 38.5 Å². The Bertz CT molecular complexity index is 1210. The number of nitrogens with two attached hydrogens (primary N) is 1. The molecule has 0 fully saturated rings. The highest BCUT2D eigenvalue weighted by Gasteiger charge is 2.21. The molecule has 0 saturated heterocycles. The molecule has 2 aromatic heterocycles. The molecule has 0 atom stereocenters. The zero-order chi connectivity index (χ0) is 21.5. The van der Waals surface area contributed by atoms with Gasteiger partial charge in [-0.1, -0.05) is 11.8 Å². The Hall–Kier alpha value is -2.57. The Morgan fingerprint density at radius 3 is 2.73 bits per heavy atom. The molecule has 0 unspecified atom stereocenters. The number of fused-ring (bicyclic) bond motifs is 2. The van der Waals surface area contributed by atoms with Crippen molar-refractivity contribution in [2.45, 2.75) is 42.6 Å². The molecule has 3 aromatic rings. The number of rotatable bonds is 7. The number of hydrogen-bond donors (Lipinski definition) is 2. The minimum Gasteiger partial charge on any atom is -0.454 e. The molecule has 0 amide bonds. The summed E-state index contributed by atoms with van der Waals surface area (Å²) in [6, 6.07) is 3.82. The highest BCUT2D eigenvalue weighted by Crippen LogP contribution is 2.40. The van der Waals surface area contributed by atoms with E-state index in [1.165, 1.54) is 18.1 Å². The molecule has 12 heteroatoms. The molecule has 4 rings (SSSR count). The van der Waals surface area contributed by atoms with Gasteiger partial charge in [0.25, 0.3) is 0 Å². The average Bonchev–Trinajstić information content (AvgIpc) is 3.27. The van der Waals surface area contributed by atoms with Crippen molar-refractivity contribution >= 4 is 38.8 Å². The first-order valence-corrected chi connectivity index (χ1v) is 11.7. The topological polar surface area (TPSA) is 134 Å². The Kier molecular flexibility index (Phi) is 5.47. The molecule has 30 heavy (non-hydrogen) atoms. The highest BCUT2D eigenvalue weighted by atomic mass is 32.2. The summed E-state index contributed by atoms with van der Waals surface area (Å²) >= 11 is 1.42. The summed E-state index contributed by atoms with van der Waals surface area (Å²) in [6.07, 6.45) is 1.37. The van der Waals surface area contributed by atoms with E-state index in [9.17, 15) is 8.42 Å². The van der Waals surface area contributed by atoms with Gasteiger partial charge >= 0.3 is 0 Å². The molecule has 1 aliphatic rings. The SMILES string of the molecule is Cc1cc2c(cc1Sc1nc3c(N)ncnc3n1CCNS(=O)(=O)C(C)C)OCO2. The third-order valence-electron chi connectivity index (χ3n) is 4.66. The van der Waals surface area contributed by atoms with Crippen LogP contribution in [0.3, 0.4) is 0 Å². The number of aromatic nitrogens is 4. The lowest BCUT2D eigenvalue weighted by Gasteiger charge is -2.12. The lowest BCUT2D eigenvalue weighted by molar-refractivity contribution is 0.174. The van der Waals surface area contributed by atoms with Gasteiger partial charge in [0.2, 0.25) is 16.8 Å². The van der Waals surface area contributed by atoms with Gasteiger partial charge in [0.1, 0.15) is 6.33 Å². The largest absolute Gasteiger partial charge is 0.454 e. The number of imidazole rings is 1. The fourth-order valence-corrected chi connectivity index (χ4v) is 4.63. The smallest absolute Gasteiger partial charge is 0.231 e. The lowest BCUT2D eigenvalue weighted by atomic mass is 10.2. The van der Waals surface area contributed by atoms with E-state index in [-0.39, 0.29) is 19.2 Å². The van der Waals surface area contributed by atoms with Crippen molar-refractivity contribution in [3.63, 3.8) is 0 Å². The van der Waals surface area contributed by atoms with Crippen LogP contribution in [0.4, 0.5) is 5.82 Å². The second-order valence-corrected chi connectivity index (χ2v) is 10.4. The Morgan fingerprint density at radius 1 is 1.27 bits per heavy atom. The monoisotopic (exact) mass is 450 g/mol. The number of nitrogens with one attached hydrogen (secondary N) is 1. The Balaban J connectivity index is 1.67. The standard InChI is InChI=1S/C18H22N6O4S2/c1-10(2)30(25,26)22-4-5-24-17-15(16(19)20-8-21-17)23-18(24)29-14-7-13-12(6-11(14)3)27-9-28-13/h6-8,10,22H,4-5,9H2,1-3H3,(H2,19,20,21). The average molecular weight is 451 g/mol. The van der Waals surface area contributed by atoms with Crippen molar-refractivity contribution in [2.75, 3.05) is 19.1 Å². The van der Waals surface area contributed by atoms with Crippen molar-refractivity contribution in [1.29, 1.82) is 0 Å². The van der Waals surface area contributed by atoms with Crippen molar-refractivity contribution in [3.8, 4) is 11.5 Å². The van der Waals surface area contributed by atoms with E-state index in [0.29, 0.717) is 34.4 Å². The van der Waals surface area contributed by atoms with Crippen molar-refractivity contribution < 1.29 is 17.9 Å². The third-order valence-corrected chi connectivity index (χ3v) is 7.66. The zero-order valence-corrected chi connectivity index (χ0v) is 18.4. The number of sulfonamides is 1. The van der Waals surface area contributed by atoms with Crippen LogP contribution in [0.1, 0.15) is 19.4 Å². The van der Waals surface area contributed by atoms with Gasteiger partial charge in [-0.3, -0.25) is 0 Å². The molecule has 10 nitrogen and oxygen atoms in total. The number of anilines is 1. The first-order valence-electron chi connectivity index (χ1n) is 9.29. The molecular formula is C18H22N6O4S2. The van der Waals surface area contributed by atoms with Crippen LogP contribution in [0.2, 0.25) is 0 Å². The van der Waals surface area contributed by atoms with Crippen LogP contribution in [-0.2, 0) is 16.6 Å². The number of nitrogen functional groups attached to an aromatic ring is 1. The van der Waals surface area contributed by atoms with Crippen LogP contribution in [0.15, 0.2) is 28.5 Å². The summed E-state index contributed by atoms with van der Waals surface area (Å²) in [5, 5.41) is 0.114. The zero-order valence-electron chi connectivity index (χ0n) is 16.7. The maximum atomic E-state index is 12.1. The third kappa shape index (κ3) is 3.89. The van der Waals surface area contributed by atoms with Crippen LogP contribution in [0.5, 0.6) is 11.5 Å². The summed E-state index contributed by atoms with van der Waals surface area (Å²) < 4.78 is 39.5. The maximum Gasteiger partial charge on any atom is 0.231 e. The normalized spacial score (nSPS) is 13.5. The maximum absolute atomic E-state index is 12.1. The number of aryl methyl sites for hydroxylation is 1. The van der Waals surface area contributed by atoms with Crippen LogP contribution in [0.25, 0.3) is 11.2 Å². The van der Waals surface area contributed by atoms with Crippen LogP contribution >= 0.6 is 11.8 Å². The lowest BCUT2D eigenvalue weighted by Crippen LogP contribution is -2.33. The van der Waals surface area contributed by atoms with E-state index < -0.39 is 15.3 Å². The van der Waals surface area contributed by atoms with Gasteiger partial charge in [0.15, 0.2) is 33.6 Å². The number of benzene rings is 1. The quantitative estimate of drug-likeness (QED) is 0.553. The molecule has 1 aromatic carbocycles. The van der Waals surface area contributed by atoms with Gasteiger partial charge in [-0.25, -0.2) is 28.1 Å². The molecule has 1 aliphatic heterocycles. The number of nitrogens with zero attached hydrogens (tertiary/aromatic N) is 4. The summed E-state index contributed by atoms with van der Waals surface area (Å²) in [4.78, 5) is 13.9. The predicted octanol–water partition coefficient (Wildman–Crippen LogP) is 1.92. The molecule has 0 saturated carbocycles. The van der Waals surface area contributed by atoms with Gasteiger partial charge in [-0.15, -0.1) is 0 Å². The van der Waals surface area contributed by atoms with Crippen LogP contribution < -0.4 is 19.9 Å². The summed E-state index contributed by atoms with van der Waals surface area (Å²) in [5.74, 6) is 1.66. The fraction of sp³-hybridized carbons (Fsp3) is 0.389. The second-order valence-electron chi connectivity index (χ2n) is 7.04. The van der Waals surface area contributed by atoms with E-state index >= 15 is 0 Å². The molecule has 3 heterocycles. The van der Waals surface area contributed by atoms with Gasteiger partial charge < -0.3 is 19.8 Å². The molecule has 0 spiro atoms. The molecular weight excluding hydrogens is 428 g/mol. The van der Waals surface area contributed by atoms with Crippen molar-refractivity contribution in [1.82, 2.24) is 24.2 Å². The van der Waals surface area contributed by atoms with E-state index in [1.54, 1.807) is 13.8 Å². The molecule has 3 N–H and O–H groups in total. The summed E-state index contributed by atoms with van der Waals surface area (Å²) in [6.45, 7) is 5.97.